The minimum Gasteiger partial charge on any atom is -0.508 e. The second-order valence-corrected chi connectivity index (χ2v) is 9.66. The van der Waals surface area contributed by atoms with Gasteiger partial charge in [0.2, 0.25) is 0 Å². The Morgan fingerprint density at radius 2 is 1.03 bits per heavy atom. The number of phenolic OH excluding ortho intramolecular Hbond substituents is 2. The largest absolute Gasteiger partial charge is 0.508 e. The van der Waals surface area contributed by atoms with Gasteiger partial charge in [0.1, 0.15) is 11.5 Å². The summed E-state index contributed by atoms with van der Waals surface area (Å²) in [6.45, 7) is 13.2. The van der Waals surface area contributed by atoms with Gasteiger partial charge in [-0.15, -0.1) is 0 Å². The van der Waals surface area contributed by atoms with Crippen LogP contribution >= 0.6 is 0 Å². The summed E-state index contributed by atoms with van der Waals surface area (Å²) in [4.78, 5) is 0. The van der Waals surface area contributed by atoms with Crippen LogP contribution in [0.4, 0.5) is 0 Å². The van der Waals surface area contributed by atoms with Crippen LogP contribution in [0.2, 0.25) is 0 Å². The van der Waals surface area contributed by atoms with E-state index >= 15 is 0 Å². The highest BCUT2D eigenvalue weighted by molar-refractivity contribution is 5.39. The van der Waals surface area contributed by atoms with Crippen molar-refractivity contribution in [2.24, 2.45) is 0 Å². The summed E-state index contributed by atoms with van der Waals surface area (Å²) in [5.74, 6) is 0.431. The lowest BCUT2D eigenvalue weighted by molar-refractivity contribution is 0.455. The smallest absolute Gasteiger partial charge is 0.119 e. The van der Waals surface area contributed by atoms with Crippen LogP contribution in [0.5, 0.6) is 11.5 Å². The van der Waals surface area contributed by atoms with Crippen molar-refractivity contribution in [1.82, 2.24) is 0 Å². The van der Waals surface area contributed by atoms with Crippen molar-refractivity contribution in [2.45, 2.75) is 99.3 Å². The predicted molar refractivity (Wildman–Crippen MR) is 145 cm³/mol. The fraction of sp³-hybridized carbons (Fsp3) is 0.484. The lowest BCUT2D eigenvalue weighted by atomic mass is 10.0. The molecule has 1 aromatic carbocycles. The number of phenols is 2. The van der Waals surface area contributed by atoms with E-state index < -0.39 is 0 Å². The normalized spacial score (nSPS) is 13.4. The van der Waals surface area contributed by atoms with Gasteiger partial charge in [0.05, 0.1) is 0 Å². The van der Waals surface area contributed by atoms with Crippen molar-refractivity contribution in [1.29, 1.82) is 0 Å². The SMILES string of the molecule is CC(C)=CCCC(C)=CCCC(C)=CCCC(C)=CCCC(C)=CCc1cc(O)ccc1O. The van der Waals surface area contributed by atoms with Crippen LogP contribution in [-0.2, 0) is 6.42 Å². The maximum absolute atomic E-state index is 9.88. The molecular formula is C31H46O2. The summed E-state index contributed by atoms with van der Waals surface area (Å²) in [5, 5.41) is 19.4. The number of aromatic hydroxyl groups is 2. The molecule has 0 unspecified atom stereocenters. The lowest BCUT2D eigenvalue weighted by Gasteiger charge is -2.05. The fourth-order valence-corrected chi connectivity index (χ4v) is 3.66. The Kier molecular flexibility index (Phi) is 14.0. The zero-order valence-electron chi connectivity index (χ0n) is 21.9. The standard InChI is InChI=1S/C31H46O2/c1-24(2)11-7-12-25(3)13-8-14-26(4)15-9-16-27(5)17-10-18-28(6)19-20-29-23-30(32)21-22-31(29)33/h11,13,15,17,19,21-23,32-33H,7-10,12,14,16,18,20H2,1-6H3. The Labute approximate surface area is 203 Å². The van der Waals surface area contributed by atoms with Crippen LogP contribution in [0, 0.1) is 0 Å². The average molecular weight is 451 g/mol. The Bertz CT molecular complexity index is 874. The number of benzene rings is 1. The third-order valence-corrected chi connectivity index (χ3v) is 5.92. The predicted octanol–water partition coefficient (Wildman–Crippen LogP) is 9.51. The molecule has 33 heavy (non-hydrogen) atoms. The van der Waals surface area contributed by atoms with E-state index in [1.807, 2.05) is 0 Å². The van der Waals surface area contributed by atoms with Gasteiger partial charge in [0.25, 0.3) is 0 Å². The van der Waals surface area contributed by atoms with Gasteiger partial charge in [-0.2, -0.15) is 0 Å². The fourth-order valence-electron chi connectivity index (χ4n) is 3.66. The van der Waals surface area contributed by atoms with Gasteiger partial charge in [0.15, 0.2) is 0 Å². The number of hydrogen-bond acceptors (Lipinski definition) is 2. The van der Waals surface area contributed by atoms with Crippen LogP contribution in [0.15, 0.2) is 76.4 Å². The average Bonchev–Trinajstić information content (AvgIpc) is 2.74. The van der Waals surface area contributed by atoms with Crippen LogP contribution in [0.25, 0.3) is 0 Å². The van der Waals surface area contributed by atoms with Crippen molar-refractivity contribution < 1.29 is 10.2 Å². The summed E-state index contributed by atoms with van der Waals surface area (Å²) in [7, 11) is 0. The van der Waals surface area contributed by atoms with Gasteiger partial charge in [-0.25, -0.2) is 0 Å². The summed E-state index contributed by atoms with van der Waals surface area (Å²) in [6, 6.07) is 4.68. The van der Waals surface area contributed by atoms with Gasteiger partial charge in [-0.05, 0) is 118 Å². The Balaban J connectivity index is 2.30. The number of allylic oxidation sites excluding steroid dienone is 10. The molecule has 0 bridgehead atoms. The maximum Gasteiger partial charge on any atom is 0.119 e. The van der Waals surface area contributed by atoms with Crippen molar-refractivity contribution in [2.75, 3.05) is 0 Å². The minimum atomic E-state index is 0.193. The molecule has 0 aliphatic carbocycles. The first kappa shape index (κ1) is 28.6. The number of rotatable bonds is 14. The Morgan fingerprint density at radius 1 is 0.606 bits per heavy atom. The first-order valence-electron chi connectivity index (χ1n) is 12.4. The van der Waals surface area contributed by atoms with Gasteiger partial charge in [-0.1, -0.05) is 58.2 Å². The molecule has 0 aliphatic rings. The molecule has 1 rings (SSSR count). The summed E-state index contributed by atoms with van der Waals surface area (Å²) < 4.78 is 0. The second-order valence-electron chi connectivity index (χ2n) is 9.66. The molecule has 0 heterocycles. The molecule has 2 N–H and O–H groups in total. The number of hydrogen-bond donors (Lipinski definition) is 2. The van der Waals surface area contributed by atoms with E-state index in [4.69, 9.17) is 0 Å². The van der Waals surface area contributed by atoms with Gasteiger partial charge in [0, 0.05) is 5.56 Å². The zero-order chi connectivity index (χ0) is 24.6. The summed E-state index contributed by atoms with van der Waals surface area (Å²) >= 11 is 0. The molecule has 0 aromatic heterocycles. The first-order chi connectivity index (χ1) is 15.7. The lowest BCUT2D eigenvalue weighted by Crippen LogP contribution is -1.86. The summed E-state index contributed by atoms with van der Waals surface area (Å²) in [5.41, 5.74) is 7.92. The van der Waals surface area contributed by atoms with Crippen molar-refractivity contribution in [3.8, 4) is 11.5 Å². The van der Waals surface area contributed by atoms with Crippen LogP contribution in [0.1, 0.15) is 98.5 Å². The van der Waals surface area contributed by atoms with E-state index in [0.29, 0.717) is 6.42 Å². The molecule has 0 saturated heterocycles. The molecule has 0 atom stereocenters. The molecule has 182 valence electrons. The first-order valence-corrected chi connectivity index (χ1v) is 12.4. The minimum absolute atomic E-state index is 0.193. The van der Waals surface area contributed by atoms with Crippen LogP contribution < -0.4 is 0 Å². The third-order valence-electron chi connectivity index (χ3n) is 5.92. The monoisotopic (exact) mass is 450 g/mol. The van der Waals surface area contributed by atoms with Crippen molar-refractivity contribution >= 4 is 0 Å². The van der Waals surface area contributed by atoms with Crippen molar-refractivity contribution in [3.63, 3.8) is 0 Å². The van der Waals surface area contributed by atoms with Crippen molar-refractivity contribution in [3.05, 3.63) is 82.0 Å². The Hall–Kier alpha value is -2.48. The van der Waals surface area contributed by atoms with E-state index in [0.717, 1.165) is 50.5 Å². The zero-order valence-corrected chi connectivity index (χ0v) is 21.9. The molecule has 0 spiro atoms. The highest BCUT2D eigenvalue weighted by Gasteiger charge is 2.01. The Morgan fingerprint density at radius 3 is 1.48 bits per heavy atom. The molecule has 1 aromatic rings. The van der Waals surface area contributed by atoms with E-state index in [1.165, 1.54) is 40.4 Å². The van der Waals surface area contributed by atoms with Gasteiger partial charge < -0.3 is 10.2 Å². The van der Waals surface area contributed by atoms with E-state index in [-0.39, 0.29) is 11.5 Å². The quantitative estimate of drug-likeness (QED) is 0.219. The second kappa shape index (κ2) is 16.2. The summed E-state index contributed by atoms with van der Waals surface area (Å²) in [6.07, 6.45) is 21.2. The molecule has 0 aliphatic heterocycles. The molecule has 2 nitrogen and oxygen atoms in total. The van der Waals surface area contributed by atoms with E-state index in [9.17, 15) is 10.2 Å². The van der Waals surface area contributed by atoms with E-state index in [1.54, 1.807) is 12.1 Å². The molecule has 0 fully saturated rings. The van der Waals surface area contributed by atoms with Crippen LogP contribution in [0.3, 0.4) is 0 Å². The van der Waals surface area contributed by atoms with E-state index in [2.05, 4.69) is 71.9 Å². The third kappa shape index (κ3) is 14.3. The topological polar surface area (TPSA) is 40.5 Å². The highest BCUT2D eigenvalue weighted by atomic mass is 16.3. The molecule has 0 radical (unpaired) electrons. The molecular weight excluding hydrogens is 404 g/mol. The molecule has 0 amide bonds. The molecule has 0 saturated carbocycles. The highest BCUT2D eigenvalue weighted by Crippen LogP contribution is 2.23. The molecule has 2 heteroatoms. The maximum atomic E-state index is 9.88. The van der Waals surface area contributed by atoms with Gasteiger partial charge >= 0.3 is 0 Å². The van der Waals surface area contributed by atoms with Crippen LogP contribution in [-0.4, -0.2) is 10.2 Å². The van der Waals surface area contributed by atoms with Gasteiger partial charge in [-0.3, -0.25) is 0 Å².